The number of likely N-dealkylation sites (tertiary alicyclic amines) is 1. The molecule has 1 saturated heterocycles. The summed E-state index contributed by atoms with van der Waals surface area (Å²) in [5.74, 6) is 2.82. The van der Waals surface area contributed by atoms with Gasteiger partial charge in [0.2, 0.25) is 0 Å². The van der Waals surface area contributed by atoms with E-state index in [0.717, 1.165) is 23.8 Å². The van der Waals surface area contributed by atoms with Gasteiger partial charge in [-0.15, -0.1) is 0 Å². The quantitative estimate of drug-likeness (QED) is 0.687. The average molecular weight is 209 g/mol. The molecule has 0 bridgehead atoms. The monoisotopic (exact) mass is 209 g/mol. The number of piperidine rings is 1. The van der Waals surface area contributed by atoms with Crippen LogP contribution < -0.4 is 0 Å². The van der Waals surface area contributed by atoms with Crippen molar-refractivity contribution in [3.05, 3.63) is 0 Å². The lowest BCUT2D eigenvalue weighted by atomic mass is 9.79. The van der Waals surface area contributed by atoms with E-state index in [1.807, 2.05) is 0 Å². The Bertz CT molecular complexity index is 196. The summed E-state index contributed by atoms with van der Waals surface area (Å²) in [4.78, 5) is 2.77. The van der Waals surface area contributed by atoms with Gasteiger partial charge in [-0.2, -0.15) is 0 Å². The maximum absolute atomic E-state index is 2.77. The van der Waals surface area contributed by atoms with E-state index >= 15 is 0 Å². The van der Waals surface area contributed by atoms with Gasteiger partial charge >= 0.3 is 0 Å². The van der Waals surface area contributed by atoms with Gasteiger partial charge in [-0.3, -0.25) is 0 Å². The molecule has 1 aliphatic carbocycles. The van der Waals surface area contributed by atoms with Crippen LogP contribution in [0.2, 0.25) is 0 Å². The van der Waals surface area contributed by atoms with Crippen LogP contribution in [0.5, 0.6) is 0 Å². The Morgan fingerprint density at radius 1 is 1.20 bits per heavy atom. The first-order valence-corrected chi connectivity index (χ1v) is 6.91. The normalized spacial score (nSPS) is 34.4. The Hall–Kier alpha value is -0.0400. The van der Waals surface area contributed by atoms with Crippen molar-refractivity contribution in [2.45, 2.75) is 58.9 Å². The second kappa shape index (κ2) is 4.86. The highest BCUT2D eigenvalue weighted by atomic mass is 15.2. The molecule has 0 unspecified atom stereocenters. The number of hydrogen-bond acceptors (Lipinski definition) is 1. The molecule has 15 heavy (non-hydrogen) atoms. The highest BCUT2D eigenvalue weighted by molar-refractivity contribution is 4.86. The summed E-state index contributed by atoms with van der Waals surface area (Å²) in [7, 11) is 0. The van der Waals surface area contributed by atoms with E-state index < -0.39 is 0 Å². The van der Waals surface area contributed by atoms with Gasteiger partial charge < -0.3 is 4.90 Å². The van der Waals surface area contributed by atoms with Gasteiger partial charge in [0, 0.05) is 12.6 Å². The molecule has 1 heterocycles. The summed E-state index contributed by atoms with van der Waals surface area (Å²) < 4.78 is 0. The first-order chi connectivity index (χ1) is 7.16. The third-order valence-corrected chi connectivity index (χ3v) is 4.48. The molecule has 2 atom stereocenters. The fraction of sp³-hybridized carbons (Fsp3) is 1.00. The van der Waals surface area contributed by atoms with Gasteiger partial charge in [-0.1, -0.05) is 27.2 Å². The maximum atomic E-state index is 2.77. The number of rotatable bonds is 3. The van der Waals surface area contributed by atoms with Crippen LogP contribution in [0.25, 0.3) is 0 Å². The van der Waals surface area contributed by atoms with E-state index in [1.54, 1.807) is 0 Å². The van der Waals surface area contributed by atoms with Crippen molar-refractivity contribution in [1.29, 1.82) is 0 Å². The van der Waals surface area contributed by atoms with Crippen LogP contribution in [0.4, 0.5) is 0 Å². The van der Waals surface area contributed by atoms with Gasteiger partial charge in [-0.05, 0) is 50.0 Å². The molecule has 1 nitrogen and oxygen atoms in total. The Kier molecular flexibility index (Phi) is 3.71. The van der Waals surface area contributed by atoms with Crippen molar-refractivity contribution in [2.75, 3.05) is 13.1 Å². The van der Waals surface area contributed by atoms with Crippen molar-refractivity contribution in [3.63, 3.8) is 0 Å². The van der Waals surface area contributed by atoms with E-state index in [1.165, 1.54) is 45.2 Å². The Balaban J connectivity index is 1.79. The fourth-order valence-corrected chi connectivity index (χ4v) is 3.27. The first-order valence-electron chi connectivity index (χ1n) is 6.91. The summed E-state index contributed by atoms with van der Waals surface area (Å²) in [6.45, 7) is 9.96. The third kappa shape index (κ3) is 2.75. The zero-order valence-corrected chi connectivity index (χ0v) is 10.7. The fourth-order valence-electron chi connectivity index (χ4n) is 3.27. The molecule has 2 aliphatic rings. The lowest BCUT2D eigenvalue weighted by Crippen LogP contribution is -2.48. The molecule has 0 amide bonds. The van der Waals surface area contributed by atoms with E-state index in [9.17, 15) is 0 Å². The zero-order chi connectivity index (χ0) is 10.8. The maximum Gasteiger partial charge on any atom is 0.00953 e. The second-order valence-corrected chi connectivity index (χ2v) is 6.24. The van der Waals surface area contributed by atoms with Crippen LogP contribution >= 0.6 is 0 Å². The van der Waals surface area contributed by atoms with Gasteiger partial charge in [0.15, 0.2) is 0 Å². The van der Waals surface area contributed by atoms with E-state index in [0.29, 0.717) is 0 Å². The van der Waals surface area contributed by atoms with Crippen molar-refractivity contribution in [1.82, 2.24) is 4.90 Å². The summed E-state index contributed by atoms with van der Waals surface area (Å²) in [6.07, 6.45) is 7.32. The Labute approximate surface area is 95.2 Å². The van der Waals surface area contributed by atoms with Crippen LogP contribution in [0.1, 0.15) is 52.9 Å². The highest BCUT2D eigenvalue weighted by Crippen LogP contribution is 2.33. The lowest BCUT2D eigenvalue weighted by Gasteiger charge is -2.45. The Morgan fingerprint density at radius 2 is 1.93 bits per heavy atom. The van der Waals surface area contributed by atoms with Crippen LogP contribution in [-0.4, -0.2) is 24.0 Å². The van der Waals surface area contributed by atoms with Crippen molar-refractivity contribution >= 4 is 0 Å². The molecular weight excluding hydrogens is 182 g/mol. The number of nitrogens with zero attached hydrogens (tertiary/aromatic N) is 1. The average Bonchev–Trinajstić information content (AvgIpc) is 2.06. The van der Waals surface area contributed by atoms with E-state index in [-0.39, 0.29) is 0 Å². The van der Waals surface area contributed by atoms with E-state index in [2.05, 4.69) is 25.7 Å². The smallest absolute Gasteiger partial charge is 0.00953 e. The van der Waals surface area contributed by atoms with E-state index in [4.69, 9.17) is 0 Å². The van der Waals surface area contributed by atoms with Crippen LogP contribution in [0.3, 0.4) is 0 Å². The number of hydrogen-bond donors (Lipinski definition) is 0. The largest absolute Gasteiger partial charge is 0.300 e. The summed E-state index contributed by atoms with van der Waals surface area (Å²) in [5.41, 5.74) is 0. The molecule has 2 rings (SSSR count). The summed E-state index contributed by atoms with van der Waals surface area (Å²) >= 11 is 0. The van der Waals surface area contributed by atoms with Crippen LogP contribution in [-0.2, 0) is 0 Å². The molecule has 1 aliphatic heterocycles. The molecule has 0 N–H and O–H groups in total. The lowest BCUT2D eigenvalue weighted by molar-refractivity contribution is 0.0471. The third-order valence-electron chi connectivity index (χ3n) is 4.48. The van der Waals surface area contributed by atoms with Crippen molar-refractivity contribution in [3.8, 4) is 0 Å². The minimum Gasteiger partial charge on any atom is -0.300 e. The Morgan fingerprint density at radius 3 is 2.40 bits per heavy atom. The first kappa shape index (κ1) is 11.4. The molecule has 0 aromatic rings. The molecule has 0 radical (unpaired) electrons. The second-order valence-electron chi connectivity index (χ2n) is 6.24. The molecule has 0 aromatic carbocycles. The SMILES string of the molecule is CC(C)C[C@H]1CCN(C2CCC2)C[C@@H]1C. The highest BCUT2D eigenvalue weighted by Gasteiger charge is 2.32. The standard InChI is InChI=1S/C14H27N/c1-11(2)9-13-7-8-15(10-12(13)3)14-5-4-6-14/h11-14H,4-10H2,1-3H3/t12-,13+/m0/s1. The predicted molar refractivity (Wildman–Crippen MR) is 65.9 cm³/mol. The summed E-state index contributed by atoms with van der Waals surface area (Å²) in [5, 5.41) is 0. The molecule has 0 spiro atoms. The molecule has 1 heteroatoms. The summed E-state index contributed by atoms with van der Waals surface area (Å²) in [6, 6.07) is 0.965. The molecule has 88 valence electrons. The van der Waals surface area contributed by atoms with Crippen LogP contribution in [0.15, 0.2) is 0 Å². The molecular formula is C14H27N. The molecule has 1 saturated carbocycles. The topological polar surface area (TPSA) is 3.24 Å². The van der Waals surface area contributed by atoms with Crippen LogP contribution in [0, 0.1) is 17.8 Å². The predicted octanol–water partition coefficient (Wildman–Crippen LogP) is 3.54. The molecule has 0 aromatic heterocycles. The minimum absolute atomic E-state index is 0.882. The minimum atomic E-state index is 0.882. The van der Waals surface area contributed by atoms with Gasteiger partial charge in [0.05, 0.1) is 0 Å². The van der Waals surface area contributed by atoms with Gasteiger partial charge in [0.1, 0.15) is 0 Å². The van der Waals surface area contributed by atoms with Crippen molar-refractivity contribution < 1.29 is 0 Å². The zero-order valence-electron chi connectivity index (χ0n) is 10.7. The van der Waals surface area contributed by atoms with Gasteiger partial charge in [0.25, 0.3) is 0 Å². The van der Waals surface area contributed by atoms with Gasteiger partial charge in [-0.25, -0.2) is 0 Å². The van der Waals surface area contributed by atoms with Crippen molar-refractivity contribution in [2.24, 2.45) is 17.8 Å². The molecule has 2 fully saturated rings.